The first kappa shape index (κ1) is 17.3. The number of hydrogen-bond acceptors (Lipinski definition) is 5. The molecule has 0 unspecified atom stereocenters. The largest absolute Gasteiger partial charge is 0.480 e. The molecule has 2 amide bonds. The minimum absolute atomic E-state index is 0.181. The minimum Gasteiger partial charge on any atom is -0.480 e. The summed E-state index contributed by atoms with van der Waals surface area (Å²) >= 11 is 0. The van der Waals surface area contributed by atoms with Crippen molar-refractivity contribution >= 4 is 23.5 Å². The number of nitro groups is 1. The smallest absolute Gasteiger partial charge is 0.326 e. The molecule has 1 saturated heterocycles. The predicted octanol–water partition coefficient (Wildman–Crippen LogP) is 0.124. The summed E-state index contributed by atoms with van der Waals surface area (Å²) in [6.45, 7) is 0. The van der Waals surface area contributed by atoms with Gasteiger partial charge in [0.25, 0.3) is 0 Å². The summed E-state index contributed by atoms with van der Waals surface area (Å²) in [5, 5.41) is 24.6. The van der Waals surface area contributed by atoms with Gasteiger partial charge in [0.2, 0.25) is 17.6 Å². The van der Waals surface area contributed by atoms with E-state index in [1.54, 1.807) is 0 Å². The van der Waals surface area contributed by atoms with Gasteiger partial charge in [-0.05, 0) is 18.1 Å². The molecule has 1 heterocycles. The molecular weight excluding hydrogens is 325 g/mol. The van der Waals surface area contributed by atoms with E-state index >= 15 is 0 Å². The van der Waals surface area contributed by atoms with Crippen LogP contribution in [0.1, 0.15) is 18.4 Å². The van der Waals surface area contributed by atoms with Gasteiger partial charge in [-0.25, -0.2) is 4.79 Å². The van der Waals surface area contributed by atoms with Gasteiger partial charge in [-0.15, -0.1) is 0 Å². The summed E-state index contributed by atoms with van der Waals surface area (Å²) in [5.74, 6) is -3.32. The first-order valence-corrected chi connectivity index (χ1v) is 7.03. The number of nitrogens with zero attached hydrogens (tertiary/aromatic N) is 1. The number of halogens is 1. The third-order valence-corrected chi connectivity index (χ3v) is 3.57. The van der Waals surface area contributed by atoms with Crippen molar-refractivity contribution in [2.24, 2.45) is 0 Å². The number of nitrogens with one attached hydrogen (secondary N) is 2. The zero-order valence-electron chi connectivity index (χ0n) is 12.3. The monoisotopic (exact) mass is 339 g/mol. The second-order valence-corrected chi connectivity index (χ2v) is 5.31. The molecule has 1 aromatic rings. The van der Waals surface area contributed by atoms with Crippen LogP contribution in [-0.4, -0.2) is 39.9 Å². The second kappa shape index (κ2) is 7.02. The Bertz CT molecular complexity index is 708. The zero-order chi connectivity index (χ0) is 17.9. The first-order chi connectivity index (χ1) is 11.3. The van der Waals surface area contributed by atoms with E-state index in [9.17, 15) is 34.0 Å². The third kappa shape index (κ3) is 4.03. The van der Waals surface area contributed by atoms with Crippen LogP contribution >= 0.6 is 0 Å². The topological polar surface area (TPSA) is 139 Å². The molecule has 9 nitrogen and oxygen atoms in total. The van der Waals surface area contributed by atoms with Crippen LogP contribution in [0.15, 0.2) is 18.2 Å². The quantitative estimate of drug-likeness (QED) is 0.497. The summed E-state index contributed by atoms with van der Waals surface area (Å²) < 4.78 is 13.3. The summed E-state index contributed by atoms with van der Waals surface area (Å²) in [6.07, 6.45) is 0.182. The molecule has 1 fully saturated rings. The summed E-state index contributed by atoms with van der Waals surface area (Å²) in [4.78, 5) is 44.2. The molecule has 1 aliphatic rings. The number of amides is 2. The number of carbonyl (C=O) groups is 3. The number of nitro benzene ring substituents is 1. The Morgan fingerprint density at radius 2 is 2.21 bits per heavy atom. The number of aliphatic carboxylic acids is 1. The Balaban J connectivity index is 2.10. The third-order valence-electron chi connectivity index (χ3n) is 3.57. The van der Waals surface area contributed by atoms with Crippen LogP contribution in [0.3, 0.4) is 0 Å². The molecule has 128 valence electrons. The Morgan fingerprint density at radius 3 is 2.75 bits per heavy atom. The van der Waals surface area contributed by atoms with Crippen LogP contribution in [-0.2, 0) is 20.8 Å². The van der Waals surface area contributed by atoms with Crippen molar-refractivity contribution in [3.63, 3.8) is 0 Å². The first-order valence-electron chi connectivity index (χ1n) is 7.03. The summed E-state index contributed by atoms with van der Waals surface area (Å²) in [6, 6.07) is 0.837. The van der Waals surface area contributed by atoms with Gasteiger partial charge < -0.3 is 15.7 Å². The molecule has 3 N–H and O–H groups in total. The van der Waals surface area contributed by atoms with E-state index < -0.39 is 40.4 Å². The van der Waals surface area contributed by atoms with Gasteiger partial charge in [0.05, 0.1) is 4.92 Å². The number of benzene rings is 1. The van der Waals surface area contributed by atoms with Crippen molar-refractivity contribution in [1.29, 1.82) is 0 Å². The Hall–Kier alpha value is -3.04. The lowest BCUT2D eigenvalue weighted by Crippen LogP contribution is -2.49. The molecule has 0 aromatic heterocycles. The van der Waals surface area contributed by atoms with E-state index in [0.717, 1.165) is 12.1 Å². The molecule has 24 heavy (non-hydrogen) atoms. The van der Waals surface area contributed by atoms with Crippen molar-refractivity contribution < 1.29 is 28.8 Å². The van der Waals surface area contributed by atoms with Gasteiger partial charge in [-0.1, -0.05) is 6.07 Å². The van der Waals surface area contributed by atoms with Crippen molar-refractivity contribution in [2.75, 3.05) is 0 Å². The lowest BCUT2D eigenvalue weighted by Gasteiger charge is -2.17. The highest BCUT2D eigenvalue weighted by molar-refractivity contribution is 5.92. The average molecular weight is 339 g/mol. The maximum absolute atomic E-state index is 13.3. The Labute approximate surface area is 135 Å². The number of hydrogen-bond donors (Lipinski definition) is 3. The molecule has 2 atom stereocenters. The molecule has 1 aromatic carbocycles. The standard InChI is InChI=1S/C14H14FN3O6/c15-8-2-1-7(6-11(8)18(23)24)5-10(14(21)22)17-13(20)9-3-4-12(19)16-9/h1-2,6,9-10H,3-5H2,(H,16,19)(H,17,20)(H,21,22)/t9-,10+/m1/s1. The molecule has 0 bridgehead atoms. The van der Waals surface area contributed by atoms with Crippen molar-refractivity contribution in [3.8, 4) is 0 Å². The van der Waals surface area contributed by atoms with Crippen LogP contribution in [0.25, 0.3) is 0 Å². The average Bonchev–Trinajstić information content (AvgIpc) is 2.94. The lowest BCUT2D eigenvalue weighted by molar-refractivity contribution is -0.387. The van der Waals surface area contributed by atoms with Crippen molar-refractivity contribution in [3.05, 3.63) is 39.7 Å². The van der Waals surface area contributed by atoms with Crippen LogP contribution in [0.2, 0.25) is 0 Å². The normalized spacial score (nSPS) is 17.9. The Morgan fingerprint density at radius 1 is 1.50 bits per heavy atom. The van der Waals surface area contributed by atoms with Gasteiger partial charge in [0, 0.05) is 18.9 Å². The fourth-order valence-corrected chi connectivity index (χ4v) is 2.34. The van der Waals surface area contributed by atoms with E-state index in [4.69, 9.17) is 0 Å². The highest BCUT2D eigenvalue weighted by Crippen LogP contribution is 2.19. The summed E-state index contributed by atoms with van der Waals surface area (Å²) in [5.41, 5.74) is -0.586. The Kier molecular flexibility index (Phi) is 5.07. The number of rotatable bonds is 6. The lowest BCUT2D eigenvalue weighted by atomic mass is 10.0. The van der Waals surface area contributed by atoms with Gasteiger partial charge in [0.1, 0.15) is 12.1 Å². The van der Waals surface area contributed by atoms with Gasteiger partial charge in [0.15, 0.2) is 0 Å². The van der Waals surface area contributed by atoms with E-state index in [1.165, 1.54) is 6.07 Å². The van der Waals surface area contributed by atoms with Crippen LogP contribution in [0.4, 0.5) is 10.1 Å². The van der Waals surface area contributed by atoms with Crippen LogP contribution < -0.4 is 10.6 Å². The second-order valence-electron chi connectivity index (χ2n) is 5.31. The van der Waals surface area contributed by atoms with Gasteiger partial charge in [-0.3, -0.25) is 19.7 Å². The molecule has 10 heteroatoms. The van der Waals surface area contributed by atoms with Crippen LogP contribution in [0.5, 0.6) is 0 Å². The highest BCUT2D eigenvalue weighted by Gasteiger charge is 2.30. The highest BCUT2D eigenvalue weighted by atomic mass is 19.1. The zero-order valence-corrected chi connectivity index (χ0v) is 12.3. The molecule has 0 saturated carbocycles. The van der Waals surface area contributed by atoms with E-state index in [1.807, 2.05) is 0 Å². The SMILES string of the molecule is O=C1CC[C@H](C(=O)N[C@@H](Cc2ccc(F)c([N+](=O)[O-])c2)C(=O)O)N1. The fourth-order valence-electron chi connectivity index (χ4n) is 2.34. The van der Waals surface area contributed by atoms with Gasteiger partial charge >= 0.3 is 11.7 Å². The molecule has 2 rings (SSSR count). The maximum Gasteiger partial charge on any atom is 0.326 e. The maximum atomic E-state index is 13.3. The molecule has 0 radical (unpaired) electrons. The van der Waals surface area contributed by atoms with Crippen LogP contribution in [0, 0.1) is 15.9 Å². The van der Waals surface area contributed by atoms with Crippen molar-refractivity contribution in [2.45, 2.75) is 31.3 Å². The molecular formula is C14H14FN3O6. The van der Waals surface area contributed by atoms with E-state index in [2.05, 4.69) is 10.6 Å². The van der Waals surface area contributed by atoms with Crippen molar-refractivity contribution in [1.82, 2.24) is 10.6 Å². The molecule has 1 aliphatic heterocycles. The van der Waals surface area contributed by atoms with Gasteiger partial charge in [-0.2, -0.15) is 4.39 Å². The van der Waals surface area contributed by atoms with E-state index in [0.29, 0.717) is 0 Å². The molecule has 0 aliphatic carbocycles. The number of carboxylic acid groups (broad SMARTS) is 1. The number of carbonyl (C=O) groups excluding carboxylic acids is 2. The van der Waals surface area contributed by atoms with E-state index in [-0.39, 0.29) is 30.7 Å². The number of carboxylic acids is 1. The predicted molar refractivity (Wildman–Crippen MR) is 77.5 cm³/mol. The minimum atomic E-state index is -1.36. The fraction of sp³-hybridized carbons (Fsp3) is 0.357. The molecule has 0 spiro atoms. The summed E-state index contributed by atoms with van der Waals surface area (Å²) in [7, 11) is 0.